The molecule has 6 rings (SSSR count). The summed E-state index contributed by atoms with van der Waals surface area (Å²) < 4.78 is 0. The van der Waals surface area contributed by atoms with Gasteiger partial charge in [0.05, 0.1) is 6.04 Å². The number of nitrogens with zero attached hydrogens (tertiary/aromatic N) is 2. The molecule has 0 saturated carbocycles. The van der Waals surface area contributed by atoms with Crippen molar-refractivity contribution >= 4 is 22.1 Å². The monoisotopic (exact) mass is 624 g/mol. The van der Waals surface area contributed by atoms with Crippen LogP contribution in [0.25, 0.3) is 10.8 Å². The fourth-order valence-electron chi connectivity index (χ4n) is 6.59. The van der Waals surface area contributed by atoms with Gasteiger partial charge in [0.15, 0.2) is 0 Å². The summed E-state index contributed by atoms with van der Waals surface area (Å²) in [6.45, 7) is 10.4. The second-order valence-corrected chi connectivity index (χ2v) is 12.1. The summed E-state index contributed by atoms with van der Waals surface area (Å²) in [5.41, 5.74) is 8.18. The zero-order valence-electron chi connectivity index (χ0n) is 27.8. The van der Waals surface area contributed by atoms with Gasteiger partial charge < -0.3 is 9.80 Å². The largest absolute Gasteiger partial charge is 0.334 e. The summed E-state index contributed by atoms with van der Waals surface area (Å²) in [4.78, 5) is 4.71. The van der Waals surface area contributed by atoms with E-state index in [9.17, 15) is 0 Å². The Morgan fingerprint density at radius 3 is 2.38 bits per heavy atom. The Morgan fingerprint density at radius 2 is 1.65 bits per heavy atom. The number of fused-ring (bicyclic) bond motifs is 1. The zero-order chi connectivity index (χ0) is 33.1. The highest BCUT2D eigenvalue weighted by Crippen LogP contribution is 2.38. The molecule has 2 nitrogen and oxygen atoms in total. The molecule has 3 aromatic rings. The van der Waals surface area contributed by atoms with Crippen LogP contribution < -0.4 is 4.90 Å². The van der Waals surface area contributed by atoms with Gasteiger partial charge in [-0.15, -0.1) is 0 Å². The minimum Gasteiger partial charge on any atom is -0.334 e. The van der Waals surface area contributed by atoms with Gasteiger partial charge in [-0.3, -0.25) is 0 Å². The van der Waals surface area contributed by atoms with Crippen molar-refractivity contribution in [1.29, 1.82) is 0 Å². The van der Waals surface area contributed by atoms with Crippen LogP contribution in [0.4, 0.5) is 11.4 Å². The average molecular weight is 625 g/mol. The fraction of sp³-hybridized carbons (Fsp3) is 0.130. The second kappa shape index (κ2) is 15.8. The Bertz CT molecular complexity index is 1950. The smallest absolute Gasteiger partial charge is 0.0560 e. The van der Waals surface area contributed by atoms with Crippen LogP contribution in [0, 0.1) is 5.92 Å². The summed E-state index contributed by atoms with van der Waals surface area (Å²) in [5, 5.41) is 2.52. The minimum absolute atomic E-state index is 0.218. The third-order valence-corrected chi connectivity index (χ3v) is 9.02. The van der Waals surface area contributed by atoms with Crippen molar-refractivity contribution in [2.75, 3.05) is 4.90 Å². The molecule has 3 aliphatic carbocycles. The molecule has 3 aliphatic rings. The Balaban J connectivity index is 1.20. The molecule has 2 atom stereocenters. The molecule has 0 N–H and O–H groups in total. The predicted octanol–water partition coefficient (Wildman–Crippen LogP) is 12.2. The van der Waals surface area contributed by atoms with Crippen molar-refractivity contribution in [2.45, 2.75) is 32.2 Å². The van der Waals surface area contributed by atoms with Gasteiger partial charge in [-0.2, -0.15) is 0 Å². The highest BCUT2D eigenvalue weighted by Gasteiger charge is 2.24. The second-order valence-electron chi connectivity index (χ2n) is 12.1. The number of hydrogen-bond donors (Lipinski definition) is 0. The number of anilines is 2. The van der Waals surface area contributed by atoms with Crippen molar-refractivity contribution in [3.63, 3.8) is 0 Å². The third kappa shape index (κ3) is 7.51. The van der Waals surface area contributed by atoms with E-state index in [0.717, 1.165) is 36.4 Å². The lowest BCUT2D eigenvalue weighted by Gasteiger charge is -2.35. The van der Waals surface area contributed by atoms with Gasteiger partial charge in [0.2, 0.25) is 0 Å². The van der Waals surface area contributed by atoms with Gasteiger partial charge in [0, 0.05) is 39.8 Å². The normalized spacial score (nSPS) is 20.0. The van der Waals surface area contributed by atoms with Crippen molar-refractivity contribution in [2.24, 2.45) is 5.92 Å². The molecule has 3 aromatic carbocycles. The van der Waals surface area contributed by atoms with E-state index in [0.29, 0.717) is 5.92 Å². The number of para-hydroxylation sites is 1. The van der Waals surface area contributed by atoms with Crippen LogP contribution in [-0.2, 0) is 0 Å². The van der Waals surface area contributed by atoms with Crippen molar-refractivity contribution in [1.82, 2.24) is 4.90 Å². The van der Waals surface area contributed by atoms with E-state index in [1.165, 1.54) is 33.3 Å². The summed E-state index contributed by atoms with van der Waals surface area (Å²) in [5.74, 6) is 0.327. The van der Waals surface area contributed by atoms with Gasteiger partial charge in [-0.1, -0.05) is 153 Å². The predicted molar refractivity (Wildman–Crippen MR) is 208 cm³/mol. The molecule has 0 aromatic heterocycles. The molecule has 0 heterocycles. The van der Waals surface area contributed by atoms with Gasteiger partial charge >= 0.3 is 0 Å². The number of hydrogen-bond acceptors (Lipinski definition) is 2. The first-order valence-electron chi connectivity index (χ1n) is 16.9. The SMILES string of the molecule is C=C/C=C\C(=C/C)N(C(=C)/C=C\C=C1\C=CC=CC1)C1=CCC(C2=CCC(N(c3ccccc3)c3cccc4ccccc34)C=C2)C=C1. The number of rotatable bonds is 11. The van der Waals surface area contributed by atoms with E-state index in [1.807, 2.05) is 12.2 Å². The molecule has 2 unspecified atom stereocenters. The molecule has 0 spiro atoms. The first kappa shape index (κ1) is 32.3. The number of benzene rings is 3. The molecule has 0 amide bonds. The standard InChI is InChI=1S/C46H44N2/c1-4-6-23-41(5-2)47(36(3)17-15-20-37-18-9-7-10-19-37)43-32-28-38(29-33-43)39-30-34-44(35-31-39)48(42-24-11-8-12-25-42)46-27-16-22-40-21-13-14-26-45(40)46/h4-18,20-28,30-34,38,44H,1,3,19,29,35H2,2H3/b17-15-,23-6-,37-20-,41-5+. The molecule has 0 saturated heterocycles. The molecule has 0 bridgehead atoms. The van der Waals surface area contributed by atoms with Gasteiger partial charge in [-0.25, -0.2) is 0 Å². The van der Waals surface area contributed by atoms with E-state index in [4.69, 9.17) is 0 Å². The topological polar surface area (TPSA) is 6.48 Å². The lowest BCUT2D eigenvalue weighted by Crippen LogP contribution is -2.30. The maximum Gasteiger partial charge on any atom is 0.0560 e. The molecule has 0 aliphatic heterocycles. The average Bonchev–Trinajstić information content (AvgIpc) is 3.15. The third-order valence-electron chi connectivity index (χ3n) is 9.02. The van der Waals surface area contributed by atoms with Crippen LogP contribution >= 0.6 is 0 Å². The van der Waals surface area contributed by atoms with Crippen LogP contribution in [0.1, 0.15) is 26.2 Å². The summed E-state index contributed by atoms with van der Waals surface area (Å²) in [6, 6.07) is 26.3. The van der Waals surface area contributed by atoms with E-state index >= 15 is 0 Å². The van der Waals surface area contributed by atoms with Gasteiger partial charge in [0.1, 0.15) is 0 Å². The molecule has 2 heteroatoms. The Kier molecular flexibility index (Phi) is 10.6. The quantitative estimate of drug-likeness (QED) is 0.196. The van der Waals surface area contributed by atoms with E-state index in [-0.39, 0.29) is 6.04 Å². The summed E-state index contributed by atoms with van der Waals surface area (Å²) in [7, 11) is 0. The Hall–Kier alpha value is -5.60. The van der Waals surface area contributed by atoms with Crippen LogP contribution in [-0.4, -0.2) is 10.9 Å². The van der Waals surface area contributed by atoms with Gasteiger partial charge in [0.25, 0.3) is 0 Å². The fourth-order valence-corrected chi connectivity index (χ4v) is 6.59. The van der Waals surface area contributed by atoms with Crippen molar-refractivity contribution in [3.8, 4) is 0 Å². The zero-order valence-corrected chi connectivity index (χ0v) is 27.8. The van der Waals surface area contributed by atoms with E-state index in [1.54, 1.807) is 0 Å². The highest BCUT2D eigenvalue weighted by atomic mass is 15.2. The van der Waals surface area contributed by atoms with E-state index in [2.05, 4.69) is 194 Å². The minimum atomic E-state index is 0.218. The van der Waals surface area contributed by atoms with Crippen molar-refractivity contribution < 1.29 is 0 Å². The lowest BCUT2D eigenvalue weighted by molar-refractivity contribution is 0.564. The summed E-state index contributed by atoms with van der Waals surface area (Å²) >= 11 is 0. The summed E-state index contributed by atoms with van der Waals surface area (Å²) in [6.07, 6.45) is 39.8. The van der Waals surface area contributed by atoms with Gasteiger partial charge in [-0.05, 0) is 79.1 Å². The van der Waals surface area contributed by atoms with Crippen LogP contribution in [0.15, 0.2) is 217 Å². The van der Waals surface area contributed by atoms with Crippen molar-refractivity contribution in [3.05, 3.63) is 217 Å². The van der Waals surface area contributed by atoms with Crippen LogP contribution in [0.2, 0.25) is 0 Å². The highest BCUT2D eigenvalue weighted by molar-refractivity contribution is 5.96. The van der Waals surface area contributed by atoms with E-state index < -0.39 is 0 Å². The molecule has 48 heavy (non-hydrogen) atoms. The first-order chi connectivity index (χ1) is 23.7. The molecule has 238 valence electrons. The van der Waals surface area contributed by atoms with Crippen LogP contribution in [0.3, 0.4) is 0 Å². The Morgan fingerprint density at radius 1 is 0.812 bits per heavy atom. The first-order valence-corrected chi connectivity index (χ1v) is 16.9. The number of allylic oxidation sites excluding steroid dienone is 17. The molecule has 0 fully saturated rings. The molecule has 0 radical (unpaired) electrons. The maximum absolute atomic E-state index is 4.47. The molecular formula is C46H44N2. The maximum atomic E-state index is 4.47. The van der Waals surface area contributed by atoms with Crippen LogP contribution in [0.5, 0.6) is 0 Å². The molecular weight excluding hydrogens is 581 g/mol. The Labute approximate surface area is 286 Å². The lowest BCUT2D eigenvalue weighted by atomic mass is 9.86.